The lowest BCUT2D eigenvalue weighted by atomic mass is 10.2. The average molecular weight is 316 g/mol. The number of hydrogen-bond acceptors (Lipinski definition) is 6. The van der Waals surface area contributed by atoms with Crippen LogP contribution >= 0.6 is 11.8 Å². The van der Waals surface area contributed by atoms with E-state index in [9.17, 15) is 4.79 Å². The predicted octanol–water partition coefficient (Wildman–Crippen LogP) is 2.04. The Balaban J connectivity index is 1.83. The number of rotatable bonds is 6. The van der Waals surface area contributed by atoms with Crippen molar-refractivity contribution in [3.05, 3.63) is 47.7 Å². The zero-order valence-corrected chi connectivity index (χ0v) is 13.1. The summed E-state index contributed by atoms with van der Waals surface area (Å²) in [7, 11) is 1.54. The summed E-state index contributed by atoms with van der Waals surface area (Å²) < 4.78 is 5.07. The Morgan fingerprint density at radius 2 is 2.14 bits per heavy atom. The van der Waals surface area contributed by atoms with Gasteiger partial charge >= 0.3 is 0 Å². The summed E-state index contributed by atoms with van der Waals surface area (Å²) in [4.78, 5) is 20.1. The standard InChI is InChI=1S/C15H16N4O2S/c1-11-8-14(21-2)18-15(17-11)22-10-13(20)19-16-9-12-6-4-3-5-7-12/h3-9H,10H2,1-2H3,(H,19,20). The monoisotopic (exact) mass is 316 g/mol. The number of aromatic nitrogens is 2. The van der Waals surface area contributed by atoms with Gasteiger partial charge in [-0.3, -0.25) is 4.79 Å². The molecule has 0 atom stereocenters. The number of carbonyl (C=O) groups excluding carboxylic acids is 1. The molecule has 0 radical (unpaired) electrons. The van der Waals surface area contributed by atoms with Crippen molar-refractivity contribution >= 4 is 23.9 Å². The lowest BCUT2D eigenvalue weighted by Gasteiger charge is -2.04. The normalized spacial score (nSPS) is 10.6. The van der Waals surface area contributed by atoms with Crippen molar-refractivity contribution in [2.24, 2.45) is 5.10 Å². The van der Waals surface area contributed by atoms with E-state index in [0.29, 0.717) is 11.0 Å². The largest absolute Gasteiger partial charge is 0.481 e. The van der Waals surface area contributed by atoms with Crippen LogP contribution in [0.15, 0.2) is 46.7 Å². The van der Waals surface area contributed by atoms with Crippen LogP contribution in [0.3, 0.4) is 0 Å². The van der Waals surface area contributed by atoms with Crippen molar-refractivity contribution < 1.29 is 9.53 Å². The van der Waals surface area contributed by atoms with Gasteiger partial charge in [0.15, 0.2) is 5.16 Å². The molecule has 0 saturated heterocycles. The lowest BCUT2D eigenvalue weighted by molar-refractivity contribution is -0.118. The SMILES string of the molecule is COc1cc(C)nc(SCC(=O)NN=Cc2ccccc2)n1. The minimum absolute atomic E-state index is 0.179. The number of amides is 1. The molecule has 0 saturated carbocycles. The Hall–Kier alpha value is -2.41. The molecule has 0 aliphatic rings. The molecule has 1 aromatic carbocycles. The van der Waals surface area contributed by atoms with Gasteiger partial charge in [0.25, 0.3) is 5.91 Å². The van der Waals surface area contributed by atoms with Crippen LogP contribution in [0, 0.1) is 6.92 Å². The molecule has 7 heteroatoms. The quantitative estimate of drug-likeness (QED) is 0.382. The zero-order valence-electron chi connectivity index (χ0n) is 12.3. The van der Waals surface area contributed by atoms with Crippen molar-refractivity contribution in [1.29, 1.82) is 0 Å². The fourth-order valence-corrected chi connectivity index (χ4v) is 2.25. The Kier molecular flexibility index (Phi) is 5.91. The molecule has 0 fully saturated rings. The summed E-state index contributed by atoms with van der Waals surface area (Å²) in [6, 6.07) is 11.3. The number of carbonyl (C=O) groups is 1. The average Bonchev–Trinajstić information content (AvgIpc) is 2.53. The van der Waals surface area contributed by atoms with Gasteiger partial charge in [0, 0.05) is 11.8 Å². The van der Waals surface area contributed by atoms with Gasteiger partial charge in [-0.05, 0) is 12.5 Å². The molecule has 2 aromatic rings. The van der Waals surface area contributed by atoms with E-state index in [1.54, 1.807) is 19.4 Å². The van der Waals surface area contributed by atoms with E-state index in [2.05, 4.69) is 20.5 Å². The maximum atomic E-state index is 11.7. The van der Waals surface area contributed by atoms with Gasteiger partial charge < -0.3 is 4.74 Å². The minimum atomic E-state index is -0.221. The van der Waals surface area contributed by atoms with Crippen LogP contribution in [0.5, 0.6) is 5.88 Å². The molecule has 1 amide bonds. The first-order valence-electron chi connectivity index (χ1n) is 6.57. The number of methoxy groups -OCH3 is 1. The van der Waals surface area contributed by atoms with Crippen LogP contribution in [-0.4, -0.2) is 35.0 Å². The van der Waals surface area contributed by atoms with Crippen LogP contribution in [0.1, 0.15) is 11.3 Å². The second-order valence-electron chi connectivity index (χ2n) is 4.33. The number of ether oxygens (including phenoxy) is 1. The highest BCUT2D eigenvalue weighted by Gasteiger charge is 2.06. The second-order valence-corrected chi connectivity index (χ2v) is 5.27. The second kappa shape index (κ2) is 8.14. The van der Waals surface area contributed by atoms with Crippen molar-refractivity contribution in [1.82, 2.24) is 15.4 Å². The van der Waals surface area contributed by atoms with Crippen LogP contribution < -0.4 is 10.2 Å². The van der Waals surface area contributed by atoms with Gasteiger partial charge in [-0.1, -0.05) is 42.1 Å². The van der Waals surface area contributed by atoms with E-state index < -0.39 is 0 Å². The highest BCUT2D eigenvalue weighted by molar-refractivity contribution is 7.99. The van der Waals surface area contributed by atoms with Crippen LogP contribution in [0.4, 0.5) is 0 Å². The molecule has 22 heavy (non-hydrogen) atoms. The van der Waals surface area contributed by atoms with E-state index >= 15 is 0 Å². The van der Waals surface area contributed by atoms with Gasteiger partial charge in [-0.2, -0.15) is 10.1 Å². The lowest BCUT2D eigenvalue weighted by Crippen LogP contribution is -2.19. The fraction of sp³-hybridized carbons (Fsp3) is 0.200. The van der Waals surface area contributed by atoms with Gasteiger partial charge in [0.1, 0.15) is 0 Å². The van der Waals surface area contributed by atoms with E-state index in [0.717, 1.165) is 11.3 Å². The topological polar surface area (TPSA) is 76.5 Å². The Labute approximate surface area is 133 Å². The number of nitrogens with one attached hydrogen (secondary N) is 1. The molecule has 1 N–H and O–H groups in total. The molecular weight excluding hydrogens is 300 g/mol. The number of hydrogen-bond donors (Lipinski definition) is 1. The van der Waals surface area contributed by atoms with Gasteiger partial charge in [0.2, 0.25) is 5.88 Å². The molecule has 1 heterocycles. The van der Waals surface area contributed by atoms with Crippen LogP contribution in [-0.2, 0) is 4.79 Å². The maximum absolute atomic E-state index is 11.7. The van der Waals surface area contributed by atoms with E-state index in [4.69, 9.17) is 4.74 Å². The number of nitrogens with zero attached hydrogens (tertiary/aromatic N) is 3. The van der Waals surface area contributed by atoms with E-state index in [1.165, 1.54) is 11.8 Å². The first kappa shape index (κ1) is 16.0. The molecule has 2 rings (SSSR count). The third kappa shape index (κ3) is 5.17. The van der Waals surface area contributed by atoms with E-state index in [1.807, 2.05) is 37.3 Å². The fourth-order valence-electron chi connectivity index (χ4n) is 1.56. The predicted molar refractivity (Wildman–Crippen MR) is 86.2 cm³/mol. The molecule has 0 spiro atoms. The van der Waals surface area contributed by atoms with Crippen molar-refractivity contribution in [3.8, 4) is 5.88 Å². The third-order valence-corrected chi connectivity index (χ3v) is 3.40. The summed E-state index contributed by atoms with van der Waals surface area (Å²) in [5.74, 6) is 0.442. The zero-order chi connectivity index (χ0) is 15.8. The first-order chi connectivity index (χ1) is 10.7. The van der Waals surface area contributed by atoms with Crippen molar-refractivity contribution in [2.45, 2.75) is 12.1 Å². The summed E-state index contributed by atoms with van der Waals surface area (Å²) in [6.07, 6.45) is 1.59. The third-order valence-electron chi connectivity index (χ3n) is 2.55. The molecular formula is C15H16N4O2S. The van der Waals surface area contributed by atoms with Gasteiger partial charge in [-0.25, -0.2) is 10.4 Å². The molecule has 0 aliphatic heterocycles. The Bertz CT molecular complexity index is 662. The van der Waals surface area contributed by atoms with E-state index in [-0.39, 0.29) is 11.7 Å². The van der Waals surface area contributed by atoms with Gasteiger partial charge in [-0.15, -0.1) is 0 Å². The summed E-state index contributed by atoms with van der Waals surface area (Å²) in [6.45, 7) is 1.85. The highest BCUT2D eigenvalue weighted by Crippen LogP contribution is 2.17. The first-order valence-corrected chi connectivity index (χ1v) is 7.55. The molecule has 0 aliphatic carbocycles. The van der Waals surface area contributed by atoms with Gasteiger partial charge in [0.05, 0.1) is 19.1 Å². The molecule has 0 bridgehead atoms. The number of thioether (sulfide) groups is 1. The Morgan fingerprint density at radius 1 is 1.36 bits per heavy atom. The van der Waals surface area contributed by atoms with Crippen molar-refractivity contribution in [3.63, 3.8) is 0 Å². The minimum Gasteiger partial charge on any atom is -0.481 e. The smallest absolute Gasteiger partial charge is 0.250 e. The van der Waals surface area contributed by atoms with Crippen LogP contribution in [0.2, 0.25) is 0 Å². The summed E-state index contributed by atoms with van der Waals surface area (Å²) >= 11 is 1.23. The summed E-state index contributed by atoms with van der Waals surface area (Å²) in [5.41, 5.74) is 4.17. The van der Waals surface area contributed by atoms with Crippen molar-refractivity contribution in [2.75, 3.05) is 12.9 Å². The maximum Gasteiger partial charge on any atom is 0.250 e. The van der Waals surface area contributed by atoms with Crippen LogP contribution in [0.25, 0.3) is 0 Å². The Morgan fingerprint density at radius 3 is 2.86 bits per heavy atom. The number of benzene rings is 1. The summed E-state index contributed by atoms with van der Waals surface area (Å²) in [5, 5.41) is 4.40. The number of aryl methyl sites for hydroxylation is 1. The molecule has 0 unspecified atom stereocenters. The molecule has 1 aromatic heterocycles. The number of hydrazone groups is 1. The molecule has 114 valence electrons. The molecule has 6 nitrogen and oxygen atoms in total. The highest BCUT2D eigenvalue weighted by atomic mass is 32.2.